The molecule has 0 saturated carbocycles. The zero-order valence-corrected chi connectivity index (χ0v) is 17.6. The summed E-state index contributed by atoms with van der Waals surface area (Å²) in [5.41, 5.74) is 1.21. The van der Waals surface area contributed by atoms with Gasteiger partial charge in [0.25, 0.3) is 0 Å². The van der Waals surface area contributed by atoms with Crippen LogP contribution < -0.4 is 19.5 Å². The lowest BCUT2D eigenvalue weighted by molar-refractivity contribution is 0.0947. The third-order valence-electron chi connectivity index (χ3n) is 5.59. The number of Topliss-reactive ketones (excluding diaryl/α,β-unsaturated/α-hetero) is 1. The summed E-state index contributed by atoms with van der Waals surface area (Å²) in [5.74, 6) is 1.26. The minimum Gasteiger partial charge on any atom is -0.493 e. The molecule has 2 aromatic carbocycles. The first kappa shape index (κ1) is 21.4. The van der Waals surface area contributed by atoms with Gasteiger partial charge < -0.3 is 24.6 Å². The van der Waals surface area contributed by atoms with Gasteiger partial charge in [0.1, 0.15) is 0 Å². The Kier molecular flexibility index (Phi) is 6.67. The van der Waals surface area contributed by atoms with Gasteiger partial charge in [-0.2, -0.15) is 0 Å². The molecule has 1 fully saturated rings. The molecule has 3 rings (SSSR count). The second-order valence-electron chi connectivity index (χ2n) is 7.18. The van der Waals surface area contributed by atoms with Crippen molar-refractivity contribution in [1.29, 1.82) is 0 Å². The smallest absolute Gasteiger partial charge is 0.203 e. The highest BCUT2D eigenvalue weighted by Crippen LogP contribution is 2.41. The van der Waals surface area contributed by atoms with Crippen LogP contribution in [0.25, 0.3) is 0 Å². The van der Waals surface area contributed by atoms with Gasteiger partial charge >= 0.3 is 0 Å². The Balaban J connectivity index is 1.90. The van der Waals surface area contributed by atoms with Crippen LogP contribution in [0.3, 0.4) is 0 Å². The predicted molar refractivity (Wildman–Crippen MR) is 112 cm³/mol. The summed E-state index contributed by atoms with van der Waals surface area (Å²) in [6.45, 7) is 0.630. The van der Waals surface area contributed by atoms with Gasteiger partial charge in [0.15, 0.2) is 17.3 Å². The molecule has 1 heterocycles. The average molecular weight is 420 g/mol. The summed E-state index contributed by atoms with van der Waals surface area (Å²) in [5, 5.41) is 13.7. The van der Waals surface area contributed by atoms with E-state index in [0.717, 1.165) is 5.56 Å². The van der Waals surface area contributed by atoms with Crippen molar-refractivity contribution in [3.05, 3.63) is 52.5 Å². The van der Waals surface area contributed by atoms with Gasteiger partial charge in [0, 0.05) is 29.2 Å². The minimum atomic E-state index is -0.389. The Morgan fingerprint density at radius 1 is 1.14 bits per heavy atom. The number of methoxy groups -OCH3 is 3. The third kappa shape index (κ3) is 4.20. The number of ketones is 1. The molecule has 0 bridgehead atoms. The van der Waals surface area contributed by atoms with Crippen molar-refractivity contribution in [2.45, 2.75) is 24.3 Å². The molecule has 1 aliphatic rings. The van der Waals surface area contributed by atoms with E-state index in [0.29, 0.717) is 47.2 Å². The van der Waals surface area contributed by atoms with Crippen LogP contribution in [-0.2, 0) is 5.41 Å². The normalized spacial score (nSPS) is 21.1. The van der Waals surface area contributed by atoms with Crippen LogP contribution in [0.1, 0.15) is 28.8 Å². The highest BCUT2D eigenvalue weighted by atomic mass is 35.5. The summed E-state index contributed by atoms with van der Waals surface area (Å²) in [6.07, 6.45) is 1.13. The van der Waals surface area contributed by atoms with Crippen molar-refractivity contribution >= 4 is 17.4 Å². The van der Waals surface area contributed by atoms with Gasteiger partial charge in [-0.15, -0.1) is 0 Å². The van der Waals surface area contributed by atoms with Crippen LogP contribution in [0, 0.1) is 0 Å². The lowest BCUT2D eigenvalue weighted by Crippen LogP contribution is -2.31. The van der Waals surface area contributed by atoms with Gasteiger partial charge in [0.2, 0.25) is 5.75 Å². The van der Waals surface area contributed by atoms with Gasteiger partial charge in [-0.1, -0.05) is 23.7 Å². The van der Waals surface area contributed by atoms with E-state index in [1.807, 2.05) is 24.3 Å². The lowest BCUT2D eigenvalue weighted by atomic mass is 9.75. The number of benzene rings is 2. The fraction of sp³-hybridized carbons (Fsp3) is 0.409. The molecule has 156 valence electrons. The highest BCUT2D eigenvalue weighted by molar-refractivity contribution is 6.30. The number of carbonyl (C=O) groups excluding carboxylic acids is 1. The average Bonchev–Trinajstić information content (AvgIpc) is 3.17. The van der Waals surface area contributed by atoms with E-state index in [2.05, 4.69) is 5.32 Å². The highest BCUT2D eigenvalue weighted by Gasteiger charge is 2.42. The molecular weight excluding hydrogens is 394 g/mol. The number of carbonyl (C=O) groups is 1. The fourth-order valence-corrected chi connectivity index (χ4v) is 4.16. The van der Waals surface area contributed by atoms with Crippen LogP contribution in [0.2, 0.25) is 5.02 Å². The summed E-state index contributed by atoms with van der Waals surface area (Å²) in [4.78, 5) is 13.3. The summed E-state index contributed by atoms with van der Waals surface area (Å²) >= 11 is 6.03. The molecule has 1 aliphatic heterocycles. The molecule has 7 heteroatoms. The van der Waals surface area contributed by atoms with Crippen molar-refractivity contribution in [1.82, 2.24) is 5.32 Å². The predicted octanol–water partition coefficient (Wildman–Crippen LogP) is 3.23. The Labute approximate surface area is 175 Å². The van der Waals surface area contributed by atoms with Gasteiger partial charge in [-0.05, 0) is 42.7 Å². The van der Waals surface area contributed by atoms with Crippen molar-refractivity contribution in [2.75, 3.05) is 34.5 Å². The zero-order chi connectivity index (χ0) is 21.0. The van der Waals surface area contributed by atoms with Crippen molar-refractivity contribution in [2.24, 2.45) is 0 Å². The maximum atomic E-state index is 13.3. The number of aliphatic hydroxyl groups excluding tert-OH is 1. The topological polar surface area (TPSA) is 77.0 Å². The number of hydrogen-bond acceptors (Lipinski definition) is 6. The van der Waals surface area contributed by atoms with Crippen LogP contribution in [0.5, 0.6) is 17.2 Å². The summed E-state index contributed by atoms with van der Waals surface area (Å²) in [7, 11) is 4.56. The maximum absolute atomic E-state index is 13.3. The Bertz CT molecular complexity index is 845. The number of halogens is 1. The maximum Gasteiger partial charge on any atom is 0.203 e. The first-order valence-electron chi connectivity index (χ1n) is 9.42. The summed E-state index contributed by atoms with van der Waals surface area (Å²) in [6, 6.07) is 10.5. The second kappa shape index (κ2) is 9.03. The molecule has 2 atom stereocenters. The number of nitrogens with one attached hydrogen (secondary N) is 1. The van der Waals surface area contributed by atoms with Gasteiger partial charge in [-0.3, -0.25) is 4.79 Å². The molecule has 2 aromatic rings. The quantitative estimate of drug-likeness (QED) is 0.640. The Hall–Kier alpha value is -2.28. The third-order valence-corrected chi connectivity index (χ3v) is 5.85. The Morgan fingerprint density at radius 3 is 2.28 bits per heavy atom. The fourth-order valence-electron chi connectivity index (χ4n) is 4.04. The number of aliphatic hydroxyl groups is 1. The van der Waals surface area contributed by atoms with E-state index < -0.39 is 0 Å². The van der Waals surface area contributed by atoms with E-state index >= 15 is 0 Å². The first-order valence-corrected chi connectivity index (χ1v) is 9.80. The van der Waals surface area contributed by atoms with Crippen LogP contribution in [0.4, 0.5) is 0 Å². The molecule has 6 nitrogen and oxygen atoms in total. The van der Waals surface area contributed by atoms with Gasteiger partial charge in [-0.25, -0.2) is 0 Å². The SMILES string of the molecule is COc1cc(C(=O)C2CC(CCO)(c3ccc(Cl)cc3)CN2)cc(OC)c1OC. The molecule has 0 radical (unpaired) electrons. The molecule has 2 unspecified atom stereocenters. The number of hydrogen-bond donors (Lipinski definition) is 2. The van der Waals surface area contributed by atoms with Crippen molar-refractivity contribution in [3.8, 4) is 17.2 Å². The number of ether oxygens (including phenoxy) is 3. The van der Waals surface area contributed by atoms with Crippen LogP contribution >= 0.6 is 11.6 Å². The molecular formula is C22H26ClNO5. The molecule has 0 amide bonds. The second-order valence-corrected chi connectivity index (χ2v) is 7.61. The molecule has 1 saturated heterocycles. The Morgan fingerprint density at radius 2 is 1.76 bits per heavy atom. The standard InChI is InChI=1S/C22H26ClNO5/c1-27-18-10-14(11-19(28-2)21(18)29-3)20(26)17-12-22(8-9-25,13-24-17)15-4-6-16(23)7-5-15/h4-7,10-11,17,24-25H,8-9,12-13H2,1-3H3. The molecule has 2 N–H and O–H groups in total. The largest absolute Gasteiger partial charge is 0.493 e. The van der Waals surface area contributed by atoms with E-state index in [9.17, 15) is 9.90 Å². The van der Waals surface area contributed by atoms with Crippen molar-refractivity contribution < 1.29 is 24.1 Å². The van der Waals surface area contributed by atoms with Crippen LogP contribution in [0.15, 0.2) is 36.4 Å². The van der Waals surface area contributed by atoms with Gasteiger partial charge in [0.05, 0.1) is 27.4 Å². The lowest BCUT2D eigenvalue weighted by Gasteiger charge is -2.28. The summed E-state index contributed by atoms with van der Waals surface area (Å²) < 4.78 is 16.1. The molecule has 0 aromatic heterocycles. The van der Waals surface area contributed by atoms with Crippen LogP contribution in [-0.4, -0.2) is 51.4 Å². The monoisotopic (exact) mass is 419 g/mol. The molecule has 0 aliphatic carbocycles. The van der Waals surface area contributed by atoms with E-state index in [4.69, 9.17) is 25.8 Å². The van der Waals surface area contributed by atoms with E-state index in [1.54, 1.807) is 12.1 Å². The van der Waals surface area contributed by atoms with E-state index in [1.165, 1.54) is 21.3 Å². The minimum absolute atomic E-state index is 0.0371. The number of rotatable bonds is 8. The van der Waals surface area contributed by atoms with E-state index in [-0.39, 0.29) is 23.8 Å². The van der Waals surface area contributed by atoms with Crippen molar-refractivity contribution in [3.63, 3.8) is 0 Å². The zero-order valence-electron chi connectivity index (χ0n) is 16.8. The molecule has 0 spiro atoms. The first-order chi connectivity index (χ1) is 14.0. The molecule has 29 heavy (non-hydrogen) atoms.